The molecular formula is C22H23N3O2S2. The number of benzene rings is 2. The lowest BCUT2D eigenvalue weighted by molar-refractivity contribution is -0.121. The molecule has 2 N–H and O–H groups in total. The quantitative estimate of drug-likeness (QED) is 0.517. The number of amides is 2. The van der Waals surface area contributed by atoms with Crippen LogP contribution in [0.15, 0.2) is 64.3 Å². The molecule has 0 spiro atoms. The van der Waals surface area contributed by atoms with Crippen LogP contribution in [-0.2, 0) is 16.0 Å². The van der Waals surface area contributed by atoms with Crippen molar-refractivity contribution in [2.24, 2.45) is 0 Å². The van der Waals surface area contributed by atoms with Crippen LogP contribution in [0.5, 0.6) is 0 Å². The molecule has 0 bridgehead atoms. The predicted octanol–water partition coefficient (Wildman–Crippen LogP) is 4.60. The minimum atomic E-state index is -0.0787. The molecule has 1 aromatic heterocycles. The van der Waals surface area contributed by atoms with Crippen molar-refractivity contribution in [2.45, 2.75) is 30.6 Å². The summed E-state index contributed by atoms with van der Waals surface area (Å²) in [6.07, 6.45) is 0.226. The zero-order valence-electron chi connectivity index (χ0n) is 16.3. The Balaban J connectivity index is 1.44. The summed E-state index contributed by atoms with van der Waals surface area (Å²) in [5.41, 5.74) is 3.71. The Morgan fingerprint density at radius 1 is 1.07 bits per heavy atom. The van der Waals surface area contributed by atoms with Gasteiger partial charge in [0, 0.05) is 11.1 Å². The SMILES string of the molecule is Cc1ccc(NC(=O)CSc2nc(CC(=O)N[C@H](C)c3ccccc3)cs2)cc1. The molecule has 2 aromatic carbocycles. The van der Waals surface area contributed by atoms with Gasteiger partial charge in [0.15, 0.2) is 4.34 Å². The van der Waals surface area contributed by atoms with Crippen molar-refractivity contribution in [1.82, 2.24) is 10.3 Å². The average molecular weight is 426 g/mol. The lowest BCUT2D eigenvalue weighted by Crippen LogP contribution is -2.28. The third-order valence-corrected chi connectivity index (χ3v) is 6.28. The summed E-state index contributed by atoms with van der Waals surface area (Å²) in [4.78, 5) is 28.8. The number of carbonyl (C=O) groups is 2. The lowest BCUT2D eigenvalue weighted by Gasteiger charge is -2.13. The fraction of sp³-hybridized carbons (Fsp3) is 0.227. The number of hydrogen-bond acceptors (Lipinski definition) is 5. The van der Waals surface area contributed by atoms with Crippen LogP contribution in [0.3, 0.4) is 0 Å². The van der Waals surface area contributed by atoms with Gasteiger partial charge in [0.25, 0.3) is 0 Å². The molecule has 1 atom stereocenters. The largest absolute Gasteiger partial charge is 0.349 e. The van der Waals surface area contributed by atoms with E-state index in [2.05, 4.69) is 15.6 Å². The van der Waals surface area contributed by atoms with E-state index in [1.165, 1.54) is 23.1 Å². The highest BCUT2D eigenvalue weighted by Crippen LogP contribution is 2.23. The topological polar surface area (TPSA) is 71.1 Å². The van der Waals surface area contributed by atoms with Crippen LogP contribution in [0.2, 0.25) is 0 Å². The molecule has 0 fully saturated rings. The van der Waals surface area contributed by atoms with E-state index in [0.717, 1.165) is 21.2 Å². The van der Waals surface area contributed by atoms with E-state index in [0.29, 0.717) is 5.69 Å². The Hall–Kier alpha value is -2.64. The molecule has 0 unspecified atom stereocenters. The molecule has 29 heavy (non-hydrogen) atoms. The second kappa shape index (κ2) is 10.2. The minimum Gasteiger partial charge on any atom is -0.349 e. The maximum Gasteiger partial charge on any atom is 0.234 e. The van der Waals surface area contributed by atoms with Gasteiger partial charge in [0.05, 0.1) is 23.9 Å². The predicted molar refractivity (Wildman–Crippen MR) is 119 cm³/mol. The first-order chi connectivity index (χ1) is 14.0. The number of carbonyl (C=O) groups excluding carboxylic acids is 2. The summed E-state index contributed by atoms with van der Waals surface area (Å²) in [6, 6.07) is 17.5. The smallest absolute Gasteiger partial charge is 0.234 e. The summed E-state index contributed by atoms with van der Waals surface area (Å²) in [5, 5.41) is 7.73. The van der Waals surface area contributed by atoms with Gasteiger partial charge in [-0.15, -0.1) is 11.3 Å². The molecule has 1 heterocycles. The average Bonchev–Trinajstić information content (AvgIpc) is 3.16. The molecule has 3 aromatic rings. The maximum absolute atomic E-state index is 12.3. The zero-order valence-corrected chi connectivity index (χ0v) is 18.0. The number of nitrogens with zero attached hydrogens (tertiary/aromatic N) is 1. The molecule has 3 rings (SSSR count). The highest BCUT2D eigenvalue weighted by Gasteiger charge is 2.13. The summed E-state index contributed by atoms with van der Waals surface area (Å²) >= 11 is 2.82. The third kappa shape index (κ3) is 6.73. The van der Waals surface area contributed by atoms with Crippen LogP contribution in [0.25, 0.3) is 0 Å². The van der Waals surface area contributed by atoms with Crippen molar-refractivity contribution in [3.05, 3.63) is 76.8 Å². The van der Waals surface area contributed by atoms with Crippen molar-refractivity contribution in [1.29, 1.82) is 0 Å². The van der Waals surface area contributed by atoms with E-state index in [1.54, 1.807) is 0 Å². The molecule has 2 amide bonds. The van der Waals surface area contributed by atoms with Crippen LogP contribution in [0.1, 0.15) is 29.8 Å². The van der Waals surface area contributed by atoms with Gasteiger partial charge in [0.2, 0.25) is 11.8 Å². The van der Waals surface area contributed by atoms with Crippen LogP contribution < -0.4 is 10.6 Å². The lowest BCUT2D eigenvalue weighted by atomic mass is 10.1. The van der Waals surface area contributed by atoms with E-state index >= 15 is 0 Å². The van der Waals surface area contributed by atoms with Crippen molar-refractivity contribution in [3.8, 4) is 0 Å². The molecule has 0 aliphatic rings. The molecular weight excluding hydrogens is 402 g/mol. The van der Waals surface area contributed by atoms with Gasteiger partial charge < -0.3 is 10.6 Å². The van der Waals surface area contributed by atoms with Gasteiger partial charge in [-0.1, -0.05) is 59.8 Å². The maximum atomic E-state index is 12.3. The Labute approximate surface area is 179 Å². The van der Waals surface area contributed by atoms with E-state index in [1.807, 2.05) is 73.8 Å². The van der Waals surface area contributed by atoms with Gasteiger partial charge in [-0.3, -0.25) is 9.59 Å². The van der Waals surface area contributed by atoms with Crippen LogP contribution in [-0.4, -0.2) is 22.6 Å². The van der Waals surface area contributed by atoms with Crippen LogP contribution in [0.4, 0.5) is 5.69 Å². The summed E-state index contributed by atoms with van der Waals surface area (Å²) in [7, 11) is 0. The normalized spacial score (nSPS) is 11.7. The minimum absolute atomic E-state index is 0.0540. The van der Waals surface area contributed by atoms with Crippen molar-refractivity contribution < 1.29 is 9.59 Å². The fourth-order valence-corrected chi connectivity index (χ4v) is 4.32. The number of hydrogen-bond donors (Lipinski definition) is 2. The molecule has 150 valence electrons. The van der Waals surface area contributed by atoms with Crippen molar-refractivity contribution >= 4 is 40.6 Å². The molecule has 0 saturated heterocycles. The molecule has 7 heteroatoms. The van der Waals surface area contributed by atoms with Crippen molar-refractivity contribution in [3.63, 3.8) is 0 Å². The van der Waals surface area contributed by atoms with Gasteiger partial charge in [-0.05, 0) is 31.5 Å². The van der Waals surface area contributed by atoms with Gasteiger partial charge in [-0.2, -0.15) is 0 Å². The number of aryl methyl sites for hydroxylation is 1. The van der Waals surface area contributed by atoms with Gasteiger partial charge in [0.1, 0.15) is 0 Å². The second-order valence-corrected chi connectivity index (χ2v) is 8.76. The number of thiazole rings is 1. The summed E-state index contributed by atoms with van der Waals surface area (Å²) in [6.45, 7) is 3.96. The summed E-state index contributed by atoms with van der Waals surface area (Å²) < 4.78 is 0.781. The Bertz CT molecular complexity index is 956. The molecule has 0 radical (unpaired) electrons. The number of anilines is 1. The highest BCUT2D eigenvalue weighted by atomic mass is 32.2. The Morgan fingerprint density at radius 3 is 2.52 bits per heavy atom. The first-order valence-corrected chi connectivity index (χ1v) is 11.1. The van der Waals surface area contributed by atoms with Crippen LogP contribution >= 0.6 is 23.1 Å². The van der Waals surface area contributed by atoms with E-state index in [4.69, 9.17) is 0 Å². The molecule has 0 aliphatic heterocycles. The number of aromatic nitrogens is 1. The van der Waals surface area contributed by atoms with Crippen LogP contribution in [0, 0.1) is 6.92 Å². The molecule has 0 saturated carbocycles. The third-order valence-electron chi connectivity index (χ3n) is 4.21. The second-order valence-electron chi connectivity index (χ2n) is 6.68. The fourth-order valence-electron chi connectivity index (χ4n) is 2.68. The van der Waals surface area contributed by atoms with E-state index in [9.17, 15) is 9.59 Å². The highest BCUT2D eigenvalue weighted by molar-refractivity contribution is 8.01. The Morgan fingerprint density at radius 2 is 1.79 bits per heavy atom. The van der Waals surface area contributed by atoms with Gasteiger partial charge in [-0.25, -0.2) is 4.98 Å². The first kappa shape index (κ1) is 21.1. The molecule has 0 aliphatic carbocycles. The zero-order chi connectivity index (χ0) is 20.6. The monoisotopic (exact) mass is 425 g/mol. The Kier molecular flexibility index (Phi) is 7.43. The number of nitrogens with one attached hydrogen (secondary N) is 2. The first-order valence-electron chi connectivity index (χ1n) is 9.27. The standard InChI is InChI=1S/C22H23N3O2S2/c1-15-8-10-18(11-9-15)24-21(27)14-29-22-25-19(13-28-22)12-20(26)23-16(2)17-6-4-3-5-7-17/h3-11,13,16H,12,14H2,1-2H3,(H,23,26)(H,24,27)/t16-/m1/s1. The van der Waals surface area contributed by atoms with E-state index in [-0.39, 0.29) is 30.0 Å². The number of thioether (sulfide) groups is 1. The van der Waals surface area contributed by atoms with E-state index < -0.39 is 0 Å². The molecule has 5 nitrogen and oxygen atoms in total. The van der Waals surface area contributed by atoms with Gasteiger partial charge >= 0.3 is 0 Å². The van der Waals surface area contributed by atoms with Crippen molar-refractivity contribution in [2.75, 3.05) is 11.1 Å². The number of rotatable bonds is 8. The summed E-state index contributed by atoms with van der Waals surface area (Å²) in [5.74, 6) is 0.128.